The Bertz CT molecular complexity index is 974. The zero-order valence-electron chi connectivity index (χ0n) is 18.1. The molecule has 32 heavy (non-hydrogen) atoms. The zero-order valence-corrected chi connectivity index (χ0v) is 18.1. The molecule has 0 saturated carbocycles. The van der Waals surface area contributed by atoms with E-state index in [2.05, 4.69) is 5.16 Å². The summed E-state index contributed by atoms with van der Waals surface area (Å²) < 4.78 is 11.8. The molecule has 1 unspecified atom stereocenters. The number of fused-ring (bicyclic) bond motifs is 1. The highest BCUT2D eigenvalue weighted by Gasteiger charge is 2.33. The molecule has 1 aliphatic rings. The molecule has 2 aromatic rings. The molecule has 170 valence electrons. The molecular weight excluding hydrogens is 412 g/mol. The highest BCUT2D eigenvalue weighted by Crippen LogP contribution is 2.34. The summed E-state index contributed by atoms with van der Waals surface area (Å²) in [4.78, 5) is 25.9. The van der Waals surface area contributed by atoms with E-state index < -0.39 is 12.1 Å². The topological polar surface area (TPSA) is 109 Å². The fourth-order valence-electron chi connectivity index (χ4n) is 3.62. The minimum Gasteiger partial charge on any atom is -0.493 e. The van der Waals surface area contributed by atoms with Crippen molar-refractivity contribution in [2.45, 2.75) is 45.1 Å². The van der Waals surface area contributed by atoms with Crippen LogP contribution in [0.3, 0.4) is 0 Å². The van der Waals surface area contributed by atoms with Crippen LogP contribution in [0, 0.1) is 0 Å². The summed E-state index contributed by atoms with van der Waals surface area (Å²) >= 11 is 0. The van der Waals surface area contributed by atoms with E-state index in [1.54, 1.807) is 36.1 Å². The number of carboxylic acids is 1. The van der Waals surface area contributed by atoms with Crippen LogP contribution >= 0.6 is 0 Å². The van der Waals surface area contributed by atoms with Crippen molar-refractivity contribution in [3.8, 4) is 11.5 Å². The zero-order chi connectivity index (χ0) is 22.9. The number of hydrogen-bond acceptors (Lipinski definition) is 6. The van der Waals surface area contributed by atoms with Gasteiger partial charge in [0, 0.05) is 18.5 Å². The van der Waals surface area contributed by atoms with Gasteiger partial charge in [-0.05, 0) is 44.4 Å². The summed E-state index contributed by atoms with van der Waals surface area (Å²) in [6.07, 6.45) is 1.76. The first-order valence-electron chi connectivity index (χ1n) is 10.7. The number of rotatable bonds is 11. The predicted octanol–water partition coefficient (Wildman–Crippen LogP) is 3.90. The van der Waals surface area contributed by atoms with Crippen molar-refractivity contribution in [1.82, 2.24) is 0 Å². The van der Waals surface area contributed by atoms with Gasteiger partial charge in [0.25, 0.3) is 5.91 Å². The van der Waals surface area contributed by atoms with Gasteiger partial charge in [-0.1, -0.05) is 35.5 Å². The normalized spacial score (nSPS) is 15.8. The average molecular weight is 440 g/mol. The van der Waals surface area contributed by atoms with Crippen molar-refractivity contribution in [2.75, 3.05) is 18.1 Å². The number of para-hydroxylation sites is 3. The SMILES string of the molecule is C/C(CCCCN1C(=O)C(CCOc2ccccc2CC(=O)O)Oc2ccccc21)=N\O. The standard InChI is InChI=1S/C24H28N2O6/c1-17(25-30)8-6-7-14-26-19-10-3-5-12-21(19)32-22(24(26)29)13-15-31-20-11-4-2-9-18(20)16-23(27)28/h2-5,9-12,22,30H,6-8,13-16H2,1H3,(H,27,28)/b25-17+. The monoisotopic (exact) mass is 440 g/mol. The lowest BCUT2D eigenvalue weighted by molar-refractivity contribution is -0.136. The van der Waals surface area contributed by atoms with E-state index in [0.717, 1.165) is 18.5 Å². The fourth-order valence-corrected chi connectivity index (χ4v) is 3.62. The summed E-state index contributed by atoms with van der Waals surface area (Å²) in [7, 11) is 0. The van der Waals surface area contributed by atoms with E-state index >= 15 is 0 Å². The third-order valence-electron chi connectivity index (χ3n) is 5.26. The number of ether oxygens (including phenoxy) is 2. The van der Waals surface area contributed by atoms with Crippen molar-refractivity contribution < 1.29 is 29.4 Å². The lowest BCUT2D eigenvalue weighted by Crippen LogP contribution is -2.47. The first kappa shape index (κ1) is 23.1. The number of nitrogens with zero attached hydrogens (tertiary/aromatic N) is 2. The predicted molar refractivity (Wildman–Crippen MR) is 120 cm³/mol. The first-order chi connectivity index (χ1) is 15.5. The quantitative estimate of drug-likeness (QED) is 0.237. The Labute approximate surface area is 187 Å². The molecule has 0 fully saturated rings. The highest BCUT2D eigenvalue weighted by molar-refractivity contribution is 6.00. The second kappa shape index (κ2) is 11.2. The van der Waals surface area contributed by atoms with E-state index in [0.29, 0.717) is 42.2 Å². The van der Waals surface area contributed by atoms with E-state index in [9.17, 15) is 9.59 Å². The molecule has 1 heterocycles. The molecule has 0 bridgehead atoms. The van der Waals surface area contributed by atoms with Gasteiger partial charge in [-0.25, -0.2) is 0 Å². The minimum atomic E-state index is -0.931. The molecule has 0 aromatic heterocycles. The van der Waals surface area contributed by atoms with Crippen LogP contribution in [0.2, 0.25) is 0 Å². The van der Waals surface area contributed by atoms with E-state index in [4.69, 9.17) is 19.8 Å². The van der Waals surface area contributed by atoms with Crippen LogP contribution in [0.1, 0.15) is 38.2 Å². The fraction of sp³-hybridized carbons (Fsp3) is 0.375. The molecule has 2 N–H and O–H groups in total. The van der Waals surface area contributed by atoms with Crippen molar-refractivity contribution in [3.63, 3.8) is 0 Å². The second-order valence-corrected chi connectivity index (χ2v) is 7.67. The molecule has 3 rings (SSSR count). The van der Waals surface area contributed by atoms with E-state index in [1.165, 1.54) is 0 Å². The summed E-state index contributed by atoms with van der Waals surface area (Å²) in [5.41, 5.74) is 2.00. The molecule has 1 aliphatic heterocycles. The smallest absolute Gasteiger partial charge is 0.307 e. The molecule has 8 nitrogen and oxygen atoms in total. The van der Waals surface area contributed by atoms with Gasteiger partial charge in [0.2, 0.25) is 0 Å². The number of carbonyl (C=O) groups excluding carboxylic acids is 1. The second-order valence-electron chi connectivity index (χ2n) is 7.67. The lowest BCUT2D eigenvalue weighted by Gasteiger charge is -2.34. The van der Waals surface area contributed by atoms with Crippen LogP contribution in [-0.2, 0) is 16.0 Å². The molecule has 0 spiro atoms. The van der Waals surface area contributed by atoms with Crippen LogP contribution < -0.4 is 14.4 Å². The number of anilines is 1. The first-order valence-corrected chi connectivity index (χ1v) is 10.7. The number of hydrogen-bond donors (Lipinski definition) is 2. The number of oxime groups is 1. The molecular formula is C24H28N2O6. The number of unbranched alkanes of at least 4 members (excludes halogenated alkanes) is 1. The van der Waals surface area contributed by atoms with Crippen molar-refractivity contribution >= 4 is 23.3 Å². The van der Waals surface area contributed by atoms with Gasteiger partial charge in [-0.3, -0.25) is 9.59 Å². The Hall–Kier alpha value is -3.55. The van der Waals surface area contributed by atoms with Gasteiger partial charge < -0.3 is 24.7 Å². The van der Waals surface area contributed by atoms with E-state index in [-0.39, 0.29) is 18.9 Å². The Kier molecular flexibility index (Phi) is 8.08. The number of benzene rings is 2. The molecule has 1 atom stereocenters. The maximum atomic E-state index is 13.1. The summed E-state index contributed by atoms with van der Waals surface area (Å²) in [6.45, 7) is 2.52. The average Bonchev–Trinajstić information content (AvgIpc) is 2.79. The summed E-state index contributed by atoms with van der Waals surface area (Å²) in [5.74, 6) is 0.0889. The Morgan fingerprint density at radius 2 is 1.91 bits per heavy atom. The van der Waals surface area contributed by atoms with Crippen LogP contribution in [0.15, 0.2) is 53.7 Å². The molecule has 0 radical (unpaired) electrons. The van der Waals surface area contributed by atoms with Gasteiger partial charge in [-0.2, -0.15) is 0 Å². The molecule has 0 aliphatic carbocycles. The number of carboxylic acid groups (broad SMARTS) is 1. The Balaban J connectivity index is 1.63. The van der Waals surface area contributed by atoms with Crippen LogP contribution in [0.5, 0.6) is 11.5 Å². The maximum Gasteiger partial charge on any atom is 0.307 e. The van der Waals surface area contributed by atoms with Gasteiger partial charge in [0.05, 0.1) is 24.4 Å². The van der Waals surface area contributed by atoms with Gasteiger partial charge in [0.1, 0.15) is 11.5 Å². The highest BCUT2D eigenvalue weighted by atomic mass is 16.5. The molecule has 1 amide bonds. The lowest BCUT2D eigenvalue weighted by atomic mass is 10.1. The molecule has 0 saturated heterocycles. The molecule has 2 aromatic carbocycles. The number of carbonyl (C=O) groups is 2. The summed E-state index contributed by atoms with van der Waals surface area (Å²) in [5, 5.41) is 21.0. The van der Waals surface area contributed by atoms with E-state index in [1.807, 2.05) is 24.3 Å². The maximum absolute atomic E-state index is 13.1. The Morgan fingerprint density at radius 1 is 1.16 bits per heavy atom. The minimum absolute atomic E-state index is 0.126. The van der Waals surface area contributed by atoms with Crippen molar-refractivity contribution in [1.29, 1.82) is 0 Å². The van der Waals surface area contributed by atoms with Gasteiger partial charge in [-0.15, -0.1) is 0 Å². The Morgan fingerprint density at radius 3 is 2.69 bits per heavy atom. The van der Waals surface area contributed by atoms with Gasteiger partial charge >= 0.3 is 5.97 Å². The van der Waals surface area contributed by atoms with Crippen LogP contribution in [0.25, 0.3) is 0 Å². The number of amides is 1. The van der Waals surface area contributed by atoms with Gasteiger partial charge in [0.15, 0.2) is 6.10 Å². The van der Waals surface area contributed by atoms with Crippen molar-refractivity contribution in [3.05, 3.63) is 54.1 Å². The van der Waals surface area contributed by atoms with Crippen LogP contribution in [-0.4, -0.2) is 47.2 Å². The summed E-state index contributed by atoms with van der Waals surface area (Å²) in [6, 6.07) is 14.4. The van der Waals surface area contributed by atoms with Crippen LogP contribution in [0.4, 0.5) is 5.69 Å². The largest absolute Gasteiger partial charge is 0.493 e. The van der Waals surface area contributed by atoms with Crippen molar-refractivity contribution in [2.24, 2.45) is 5.16 Å². The number of aliphatic carboxylic acids is 1. The third-order valence-corrected chi connectivity index (χ3v) is 5.26. The molecule has 8 heteroatoms. The third kappa shape index (κ3) is 6.00.